The van der Waals surface area contributed by atoms with Crippen LogP contribution in [0.25, 0.3) is 82.1 Å². The van der Waals surface area contributed by atoms with E-state index < -0.39 is 5.89 Å². The molecule has 0 atom stereocenters. The van der Waals surface area contributed by atoms with E-state index in [4.69, 9.17) is 11.1 Å². The highest BCUT2D eigenvalue weighted by atomic mass is 16.5. The van der Waals surface area contributed by atoms with Gasteiger partial charge in [-0.15, -0.1) is 0 Å². The van der Waals surface area contributed by atoms with E-state index >= 15 is 0 Å². The zero-order valence-electron chi connectivity index (χ0n) is 42.3. The Bertz CT molecular complexity index is 3990. The molecule has 5 heteroatoms. The van der Waals surface area contributed by atoms with E-state index in [9.17, 15) is 0 Å². The molecule has 1 aliphatic heterocycles. The van der Waals surface area contributed by atoms with Gasteiger partial charge < -0.3 is 14.2 Å². The molecule has 0 bridgehead atoms. The van der Waals surface area contributed by atoms with Gasteiger partial charge in [0.25, 0.3) is 0 Å². The van der Waals surface area contributed by atoms with Crippen LogP contribution >= 0.6 is 0 Å². The quantitative estimate of drug-likeness (QED) is 0.167. The van der Waals surface area contributed by atoms with Gasteiger partial charge in [-0.25, -0.2) is 4.98 Å². The first-order chi connectivity index (χ1) is 34.1. The standard InChI is InChI=1S/C65H58N4O/c1-41(2)42-32-33-66-61(36-42)69-58-28-14-13-24-54(58)55-31-30-48(39-60(55)69)70-47-19-15-18-46(38-47)67-40-68-62-49(43-34-44(64(3,4)5)37-45(35-43)65(6,7)8)25-16-26-56(62)52-22-11-9-20-50(52)51-21-10-12-23-53(51)57-27-17-29-59(67)63(57)68/h9-39,41H,40H2,1-8H3/i41D. The van der Waals surface area contributed by atoms with Crippen LogP contribution in [0.4, 0.5) is 11.4 Å². The number of hydrogen-bond donors (Lipinski definition) is 0. The first-order valence-corrected chi connectivity index (χ1v) is 24.5. The Morgan fingerprint density at radius 2 is 1.09 bits per heavy atom. The Kier molecular flexibility index (Phi) is 9.88. The number of para-hydroxylation sites is 3. The lowest BCUT2D eigenvalue weighted by Gasteiger charge is -2.27. The van der Waals surface area contributed by atoms with Crippen LogP contribution in [0.1, 0.15) is 79.3 Å². The van der Waals surface area contributed by atoms with Crippen LogP contribution in [0.3, 0.4) is 0 Å². The minimum atomic E-state index is -0.768. The van der Waals surface area contributed by atoms with Crippen LogP contribution in [-0.4, -0.2) is 14.1 Å². The van der Waals surface area contributed by atoms with Crippen molar-refractivity contribution >= 4 is 76.5 Å². The third-order valence-corrected chi connectivity index (χ3v) is 14.4. The summed E-state index contributed by atoms with van der Waals surface area (Å²) in [6.07, 6.45) is 1.81. The molecular weight excluding hydrogens is 853 g/mol. The minimum Gasteiger partial charge on any atom is -0.457 e. The predicted molar refractivity (Wildman–Crippen MR) is 296 cm³/mol. The van der Waals surface area contributed by atoms with Gasteiger partial charge in [-0.2, -0.15) is 0 Å². The van der Waals surface area contributed by atoms with E-state index in [1.807, 2.05) is 38.2 Å². The third kappa shape index (κ3) is 7.26. The van der Waals surface area contributed by atoms with Gasteiger partial charge in [0, 0.05) is 52.5 Å². The van der Waals surface area contributed by atoms with Crippen molar-refractivity contribution in [3.63, 3.8) is 0 Å². The fraction of sp³-hybridized carbons (Fsp3) is 0.185. The van der Waals surface area contributed by atoms with E-state index in [0.717, 1.165) is 56.1 Å². The van der Waals surface area contributed by atoms with Crippen molar-refractivity contribution in [3.8, 4) is 28.4 Å². The van der Waals surface area contributed by atoms with E-state index in [0.29, 0.717) is 6.67 Å². The lowest BCUT2D eigenvalue weighted by Crippen LogP contribution is -2.17. The maximum absolute atomic E-state index is 8.78. The second-order valence-electron chi connectivity index (χ2n) is 21.3. The minimum absolute atomic E-state index is 0.0462. The normalized spacial score (nSPS) is 13.3. The Morgan fingerprint density at radius 1 is 0.514 bits per heavy atom. The Labute approximate surface area is 412 Å². The molecule has 11 aromatic rings. The summed E-state index contributed by atoms with van der Waals surface area (Å²) < 4.78 is 20.4. The van der Waals surface area contributed by atoms with Gasteiger partial charge >= 0.3 is 0 Å². The second-order valence-corrected chi connectivity index (χ2v) is 21.3. The molecule has 12 rings (SSSR count). The number of pyridine rings is 1. The fourth-order valence-corrected chi connectivity index (χ4v) is 10.7. The summed E-state index contributed by atoms with van der Waals surface area (Å²) in [6.45, 7) is 18.3. The largest absolute Gasteiger partial charge is 0.457 e. The van der Waals surface area contributed by atoms with Crippen molar-refractivity contribution in [1.29, 1.82) is 0 Å². The van der Waals surface area contributed by atoms with E-state index in [-0.39, 0.29) is 10.8 Å². The zero-order valence-corrected chi connectivity index (χ0v) is 41.3. The maximum Gasteiger partial charge on any atom is 0.137 e. The molecule has 1 aliphatic rings. The Hall–Kier alpha value is -7.89. The van der Waals surface area contributed by atoms with Gasteiger partial charge in [0.1, 0.15) is 24.0 Å². The summed E-state index contributed by atoms with van der Waals surface area (Å²) in [5.41, 5.74) is 12.5. The van der Waals surface area contributed by atoms with Gasteiger partial charge in [-0.1, -0.05) is 177 Å². The monoisotopic (exact) mass is 911 g/mol. The first kappa shape index (κ1) is 42.2. The summed E-state index contributed by atoms with van der Waals surface area (Å²) in [5, 5.41) is 9.50. The smallest absolute Gasteiger partial charge is 0.137 e. The highest BCUT2D eigenvalue weighted by molar-refractivity contribution is 6.22. The zero-order chi connectivity index (χ0) is 49.0. The van der Waals surface area contributed by atoms with Crippen LogP contribution < -0.4 is 9.64 Å². The van der Waals surface area contributed by atoms with Gasteiger partial charge in [0.2, 0.25) is 0 Å². The fourth-order valence-electron chi connectivity index (χ4n) is 10.7. The SMILES string of the molecule is [2H]C(C)(C)c1ccnc(-n2c3ccccc3c3ccc(Oc4cccc(N5Cn6c7c(-c8cc(C(C)(C)C)cc(C(C)(C)C)c8)cccc7c7ccccc7c7ccccc7c7cccc5c76)c4)cc32)c1. The van der Waals surface area contributed by atoms with Gasteiger partial charge in [-0.05, 0) is 109 Å². The highest BCUT2D eigenvalue weighted by Gasteiger charge is 2.27. The summed E-state index contributed by atoms with van der Waals surface area (Å²) in [4.78, 5) is 7.29. The first-order valence-electron chi connectivity index (χ1n) is 25.0. The average molecular weight is 912 g/mol. The van der Waals surface area contributed by atoms with E-state index in [2.05, 4.69) is 219 Å². The van der Waals surface area contributed by atoms with Crippen LogP contribution in [-0.2, 0) is 17.5 Å². The molecular formula is C65H58N4O. The molecule has 3 aromatic heterocycles. The van der Waals surface area contributed by atoms with Crippen molar-refractivity contribution in [1.82, 2.24) is 14.1 Å². The molecule has 0 fully saturated rings. The summed E-state index contributed by atoms with van der Waals surface area (Å²) in [6, 6.07) is 66.1. The summed E-state index contributed by atoms with van der Waals surface area (Å²) in [7, 11) is 0. The lowest BCUT2D eigenvalue weighted by molar-refractivity contribution is 0.483. The number of benzene rings is 8. The molecule has 0 amide bonds. The molecule has 0 aliphatic carbocycles. The molecule has 4 heterocycles. The van der Waals surface area contributed by atoms with Gasteiger partial charge in [0.05, 0.1) is 27.8 Å². The van der Waals surface area contributed by atoms with Crippen LogP contribution in [0, 0.1) is 0 Å². The number of rotatable bonds is 6. The number of nitrogens with zero attached hydrogens (tertiary/aromatic N) is 4. The third-order valence-electron chi connectivity index (χ3n) is 14.4. The van der Waals surface area contributed by atoms with Crippen LogP contribution in [0.5, 0.6) is 11.5 Å². The van der Waals surface area contributed by atoms with Crippen LogP contribution in [0.15, 0.2) is 188 Å². The molecule has 0 saturated heterocycles. The number of fused-ring (bicyclic) bond motifs is 10. The second kappa shape index (κ2) is 16.4. The molecule has 0 N–H and O–H groups in total. The summed E-state index contributed by atoms with van der Waals surface area (Å²) >= 11 is 0. The van der Waals surface area contributed by atoms with Crippen LogP contribution in [0.2, 0.25) is 0 Å². The van der Waals surface area contributed by atoms with Crippen molar-refractivity contribution in [2.24, 2.45) is 0 Å². The summed E-state index contributed by atoms with van der Waals surface area (Å²) in [5.74, 6) is 1.48. The lowest BCUT2D eigenvalue weighted by atomic mass is 9.78. The predicted octanol–water partition coefficient (Wildman–Crippen LogP) is 18.0. The number of aromatic nitrogens is 3. The molecule has 0 saturated carbocycles. The molecule has 0 spiro atoms. The molecule has 0 unspecified atom stereocenters. The number of ether oxygens (including phenoxy) is 1. The van der Waals surface area contributed by atoms with Gasteiger partial charge in [-0.3, -0.25) is 4.57 Å². The molecule has 344 valence electrons. The highest BCUT2D eigenvalue weighted by Crippen LogP contribution is 2.46. The molecule has 5 nitrogen and oxygen atoms in total. The molecule has 8 aromatic carbocycles. The van der Waals surface area contributed by atoms with Crippen molar-refractivity contribution in [2.75, 3.05) is 4.90 Å². The van der Waals surface area contributed by atoms with E-state index in [1.165, 1.54) is 65.6 Å². The topological polar surface area (TPSA) is 35.2 Å². The van der Waals surface area contributed by atoms with Crippen molar-refractivity contribution in [2.45, 2.75) is 78.8 Å². The number of hydrogen-bond acceptors (Lipinski definition) is 3. The Morgan fingerprint density at radius 3 is 1.76 bits per heavy atom. The van der Waals surface area contributed by atoms with Crippen molar-refractivity contribution < 1.29 is 6.11 Å². The van der Waals surface area contributed by atoms with Crippen molar-refractivity contribution in [3.05, 3.63) is 205 Å². The number of anilines is 2. The van der Waals surface area contributed by atoms with Gasteiger partial charge in [0.15, 0.2) is 0 Å². The molecule has 0 radical (unpaired) electrons. The van der Waals surface area contributed by atoms with E-state index in [1.54, 1.807) is 0 Å². The Balaban J connectivity index is 1.06. The maximum atomic E-state index is 8.78. The molecule has 70 heavy (non-hydrogen) atoms. The average Bonchev–Trinajstić information content (AvgIpc) is 3.92.